The van der Waals surface area contributed by atoms with Crippen LogP contribution in [0.5, 0.6) is 0 Å². The SMILES string of the molecule is C=CCn1c(SCc2cccc(C(F)(F)F)c2)nc2cc(Cl)ccc2c1=O. The van der Waals surface area contributed by atoms with Gasteiger partial charge in [0, 0.05) is 17.3 Å². The van der Waals surface area contributed by atoms with Gasteiger partial charge >= 0.3 is 6.18 Å². The Balaban J connectivity index is 1.98. The number of thioether (sulfide) groups is 1. The highest BCUT2D eigenvalue weighted by molar-refractivity contribution is 7.98. The maximum Gasteiger partial charge on any atom is 0.416 e. The van der Waals surface area contributed by atoms with Crippen molar-refractivity contribution in [3.05, 3.63) is 81.6 Å². The molecular weight excluding hydrogens is 397 g/mol. The summed E-state index contributed by atoms with van der Waals surface area (Å²) in [6, 6.07) is 9.90. The Kier molecular flexibility index (Phi) is 5.62. The molecule has 0 aliphatic heterocycles. The maximum atomic E-state index is 12.9. The quantitative estimate of drug-likeness (QED) is 0.314. The lowest BCUT2D eigenvalue weighted by Gasteiger charge is -2.12. The zero-order chi connectivity index (χ0) is 19.6. The van der Waals surface area contributed by atoms with Crippen molar-refractivity contribution >= 4 is 34.3 Å². The Morgan fingerprint density at radius 3 is 2.70 bits per heavy atom. The van der Waals surface area contributed by atoms with Crippen molar-refractivity contribution in [2.75, 3.05) is 0 Å². The van der Waals surface area contributed by atoms with E-state index < -0.39 is 11.7 Å². The molecule has 0 bridgehead atoms. The topological polar surface area (TPSA) is 34.9 Å². The summed E-state index contributed by atoms with van der Waals surface area (Å²) >= 11 is 7.17. The Morgan fingerprint density at radius 1 is 1.22 bits per heavy atom. The minimum Gasteiger partial charge on any atom is -0.283 e. The Morgan fingerprint density at radius 2 is 2.00 bits per heavy atom. The van der Waals surface area contributed by atoms with Crippen LogP contribution in [-0.4, -0.2) is 9.55 Å². The van der Waals surface area contributed by atoms with Gasteiger partial charge in [-0.1, -0.05) is 47.6 Å². The molecule has 0 aliphatic rings. The second kappa shape index (κ2) is 7.78. The summed E-state index contributed by atoms with van der Waals surface area (Å²) in [7, 11) is 0. The average Bonchev–Trinajstić information content (AvgIpc) is 2.62. The Labute approximate surface area is 162 Å². The van der Waals surface area contributed by atoms with Crippen LogP contribution in [0.2, 0.25) is 5.02 Å². The summed E-state index contributed by atoms with van der Waals surface area (Å²) in [6.07, 6.45) is -2.83. The predicted octanol–water partition coefficient (Wildman–Crippen LogP) is 5.55. The summed E-state index contributed by atoms with van der Waals surface area (Å²) in [4.78, 5) is 17.2. The molecule has 0 aliphatic carbocycles. The second-order valence-electron chi connectivity index (χ2n) is 5.75. The van der Waals surface area contributed by atoms with Gasteiger partial charge in [-0.2, -0.15) is 13.2 Å². The first-order chi connectivity index (χ1) is 12.8. The van der Waals surface area contributed by atoms with E-state index in [-0.39, 0.29) is 17.9 Å². The number of hydrogen-bond acceptors (Lipinski definition) is 3. The molecule has 1 aromatic heterocycles. The Bertz CT molecular complexity index is 1060. The third-order valence-corrected chi connectivity index (χ3v) is 5.10. The lowest BCUT2D eigenvalue weighted by molar-refractivity contribution is -0.137. The van der Waals surface area contributed by atoms with Gasteiger partial charge in [0.2, 0.25) is 0 Å². The number of alkyl halides is 3. The van der Waals surface area contributed by atoms with Crippen LogP contribution in [0.1, 0.15) is 11.1 Å². The maximum absolute atomic E-state index is 12.9. The van der Waals surface area contributed by atoms with Crippen LogP contribution in [0.25, 0.3) is 10.9 Å². The number of benzene rings is 2. The third-order valence-electron chi connectivity index (χ3n) is 3.82. The standard InChI is InChI=1S/C19H14ClF3N2OS/c1-2-8-25-17(26)15-7-6-14(20)10-16(15)24-18(25)27-11-12-4-3-5-13(9-12)19(21,22)23/h2-7,9-10H,1,8,11H2. The molecule has 0 saturated heterocycles. The number of aromatic nitrogens is 2. The Hall–Kier alpha value is -2.25. The molecule has 3 rings (SSSR count). The van der Waals surface area contributed by atoms with Gasteiger partial charge in [-0.25, -0.2) is 4.98 Å². The highest BCUT2D eigenvalue weighted by Gasteiger charge is 2.30. The van der Waals surface area contributed by atoms with Gasteiger partial charge in [-0.15, -0.1) is 6.58 Å². The first kappa shape index (κ1) is 19.5. The predicted molar refractivity (Wildman–Crippen MR) is 102 cm³/mol. The minimum atomic E-state index is -4.40. The first-order valence-corrected chi connectivity index (χ1v) is 9.26. The van der Waals surface area contributed by atoms with E-state index >= 15 is 0 Å². The minimum absolute atomic E-state index is 0.236. The monoisotopic (exact) mass is 410 g/mol. The molecule has 140 valence electrons. The number of fused-ring (bicyclic) bond motifs is 1. The lowest BCUT2D eigenvalue weighted by Crippen LogP contribution is -2.22. The molecule has 3 nitrogen and oxygen atoms in total. The van der Waals surface area contributed by atoms with Crippen molar-refractivity contribution in [3.63, 3.8) is 0 Å². The van der Waals surface area contributed by atoms with Crippen LogP contribution in [-0.2, 0) is 18.5 Å². The summed E-state index contributed by atoms with van der Waals surface area (Å²) in [5, 5.41) is 1.27. The lowest BCUT2D eigenvalue weighted by atomic mass is 10.1. The molecular formula is C19H14ClF3N2OS. The van der Waals surface area contributed by atoms with E-state index in [0.29, 0.717) is 26.6 Å². The molecule has 0 saturated carbocycles. The molecule has 27 heavy (non-hydrogen) atoms. The summed E-state index contributed by atoms with van der Waals surface area (Å²) < 4.78 is 40.1. The molecule has 0 fully saturated rings. The van der Waals surface area contributed by atoms with Gasteiger partial charge in [0.25, 0.3) is 5.56 Å². The van der Waals surface area contributed by atoms with Crippen LogP contribution < -0.4 is 5.56 Å². The summed E-state index contributed by atoms with van der Waals surface area (Å²) in [6.45, 7) is 3.89. The highest BCUT2D eigenvalue weighted by Crippen LogP contribution is 2.31. The van der Waals surface area contributed by atoms with E-state index in [9.17, 15) is 18.0 Å². The largest absolute Gasteiger partial charge is 0.416 e. The van der Waals surface area contributed by atoms with Crippen molar-refractivity contribution < 1.29 is 13.2 Å². The average molecular weight is 411 g/mol. The van der Waals surface area contributed by atoms with E-state index in [1.54, 1.807) is 30.3 Å². The number of rotatable bonds is 5. The third kappa shape index (κ3) is 4.36. The molecule has 2 aromatic carbocycles. The van der Waals surface area contributed by atoms with Gasteiger partial charge in [0.15, 0.2) is 5.16 Å². The number of hydrogen-bond donors (Lipinski definition) is 0. The van der Waals surface area contributed by atoms with Gasteiger partial charge < -0.3 is 0 Å². The molecule has 0 atom stereocenters. The number of nitrogens with zero attached hydrogens (tertiary/aromatic N) is 2. The fraction of sp³-hybridized carbons (Fsp3) is 0.158. The van der Waals surface area contributed by atoms with Crippen LogP contribution >= 0.6 is 23.4 Å². The molecule has 0 N–H and O–H groups in total. The van der Waals surface area contributed by atoms with Crippen LogP contribution in [0.4, 0.5) is 13.2 Å². The summed E-state index contributed by atoms with van der Waals surface area (Å²) in [5.74, 6) is 0.236. The summed E-state index contributed by atoms with van der Waals surface area (Å²) in [5.41, 5.74) is -0.0229. The van der Waals surface area contributed by atoms with Crippen molar-refractivity contribution in [1.29, 1.82) is 0 Å². The van der Waals surface area contributed by atoms with E-state index in [0.717, 1.165) is 12.1 Å². The zero-order valence-electron chi connectivity index (χ0n) is 14.0. The van der Waals surface area contributed by atoms with Crippen LogP contribution in [0.3, 0.4) is 0 Å². The van der Waals surface area contributed by atoms with Gasteiger partial charge in [0.1, 0.15) is 0 Å². The van der Waals surface area contributed by atoms with Crippen molar-refractivity contribution in [2.24, 2.45) is 0 Å². The second-order valence-corrected chi connectivity index (χ2v) is 7.13. The molecule has 8 heteroatoms. The van der Waals surface area contributed by atoms with Crippen molar-refractivity contribution in [2.45, 2.75) is 23.6 Å². The first-order valence-electron chi connectivity index (χ1n) is 7.89. The molecule has 0 spiro atoms. The van der Waals surface area contributed by atoms with Crippen LogP contribution in [0, 0.1) is 0 Å². The van der Waals surface area contributed by atoms with Gasteiger partial charge in [0.05, 0.1) is 16.5 Å². The van der Waals surface area contributed by atoms with E-state index in [1.165, 1.54) is 22.4 Å². The van der Waals surface area contributed by atoms with Gasteiger partial charge in [-0.3, -0.25) is 9.36 Å². The van der Waals surface area contributed by atoms with E-state index in [1.807, 2.05) is 0 Å². The fourth-order valence-corrected chi connectivity index (χ4v) is 3.68. The normalized spacial score (nSPS) is 11.7. The van der Waals surface area contributed by atoms with Crippen molar-refractivity contribution in [3.8, 4) is 0 Å². The fourth-order valence-electron chi connectivity index (χ4n) is 2.56. The molecule has 0 unspecified atom stereocenters. The molecule has 0 radical (unpaired) electrons. The molecule has 3 aromatic rings. The van der Waals surface area contributed by atoms with E-state index in [4.69, 9.17) is 11.6 Å². The zero-order valence-corrected chi connectivity index (χ0v) is 15.5. The van der Waals surface area contributed by atoms with Crippen molar-refractivity contribution in [1.82, 2.24) is 9.55 Å². The highest BCUT2D eigenvalue weighted by atomic mass is 35.5. The number of halogens is 4. The molecule has 1 heterocycles. The number of allylic oxidation sites excluding steroid dienone is 1. The van der Waals surface area contributed by atoms with Crippen LogP contribution in [0.15, 0.2) is 65.1 Å². The smallest absolute Gasteiger partial charge is 0.283 e. The van der Waals surface area contributed by atoms with E-state index in [2.05, 4.69) is 11.6 Å². The molecule has 0 amide bonds. The van der Waals surface area contributed by atoms with Gasteiger partial charge in [-0.05, 0) is 29.8 Å².